The fourth-order valence-electron chi connectivity index (χ4n) is 7.29. The summed E-state index contributed by atoms with van der Waals surface area (Å²) in [6, 6.07) is 0. The molecule has 3 rings (SSSR count). The predicted molar refractivity (Wildman–Crippen MR) is 177 cm³/mol. The summed E-state index contributed by atoms with van der Waals surface area (Å²) in [5.41, 5.74) is 0.600. The van der Waals surface area contributed by atoms with E-state index in [2.05, 4.69) is 6.92 Å². The number of hydrogen-bond donors (Lipinski definition) is 4. The average molecular weight is 639 g/mol. The van der Waals surface area contributed by atoms with Crippen LogP contribution in [0.5, 0.6) is 0 Å². The minimum absolute atomic E-state index is 0.162. The highest BCUT2D eigenvalue weighted by Crippen LogP contribution is 2.31. The first-order valence-electron chi connectivity index (χ1n) is 18.7. The van der Waals surface area contributed by atoms with Crippen molar-refractivity contribution in [2.45, 2.75) is 216 Å². The van der Waals surface area contributed by atoms with Crippen LogP contribution >= 0.6 is 0 Å². The number of carbonyl (C=O) groups is 1. The molecule has 8 heteroatoms. The van der Waals surface area contributed by atoms with Crippen molar-refractivity contribution in [1.29, 1.82) is 0 Å². The standard InChI is InChI=1S/C37H66O8/c1-3-4-5-6-7-8-12-15-18-31(39)35-23-24-36(45-35)33(41)21-20-32(40)34-22-19-30(44-34)17-14-11-9-10-13-16-29(38)26-28-25-27(2)43-37(28)42/h25,27,29-36,38-41H,3-24,26H2,1-2H3/t27-,29+,30-,31-,32-,33-,34-,35+,36-/m0/s1. The van der Waals surface area contributed by atoms with Crippen LogP contribution in [0.15, 0.2) is 11.6 Å². The normalized spacial score (nSPS) is 27.8. The van der Waals surface area contributed by atoms with Crippen LogP contribution in [0.4, 0.5) is 0 Å². The first-order chi connectivity index (χ1) is 21.8. The third-order valence-electron chi connectivity index (χ3n) is 10.1. The van der Waals surface area contributed by atoms with Gasteiger partial charge in [-0.2, -0.15) is 0 Å². The maximum Gasteiger partial charge on any atom is 0.334 e. The van der Waals surface area contributed by atoms with Gasteiger partial charge < -0.3 is 34.6 Å². The fourth-order valence-corrected chi connectivity index (χ4v) is 7.29. The van der Waals surface area contributed by atoms with E-state index in [9.17, 15) is 25.2 Å². The third kappa shape index (κ3) is 14.7. The molecular weight excluding hydrogens is 572 g/mol. The van der Waals surface area contributed by atoms with Crippen molar-refractivity contribution in [1.82, 2.24) is 0 Å². The minimum Gasteiger partial charge on any atom is -0.455 e. The molecule has 0 spiro atoms. The molecule has 0 amide bonds. The molecule has 4 N–H and O–H groups in total. The zero-order valence-electron chi connectivity index (χ0n) is 28.5. The van der Waals surface area contributed by atoms with Crippen LogP contribution in [-0.2, 0) is 19.0 Å². The van der Waals surface area contributed by atoms with Crippen molar-refractivity contribution in [3.63, 3.8) is 0 Å². The van der Waals surface area contributed by atoms with Crippen molar-refractivity contribution in [3.05, 3.63) is 11.6 Å². The van der Waals surface area contributed by atoms with E-state index in [1.165, 1.54) is 38.5 Å². The van der Waals surface area contributed by atoms with Gasteiger partial charge in [0, 0.05) is 12.0 Å². The number of ether oxygens (including phenoxy) is 3. The predicted octanol–water partition coefficient (Wildman–Crippen LogP) is 6.83. The highest BCUT2D eigenvalue weighted by atomic mass is 16.5. The lowest BCUT2D eigenvalue weighted by Gasteiger charge is -2.24. The van der Waals surface area contributed by atoms with Gasteiger partial charge in [-0.05, 0) is 70.8 Å². The second-order valence-corrected chi connectivity index (χ2v) is 14.2. The second-order valence-electron chi connectivity index (χ2n) is 14.2. The van der Waals surface area contributed by atoms with Gasteiger partial charge in [0.05, 0.1) is 48.8 Å². The SMILES string of the molecule is CCCCCCCCCC[C@H](O)[C@H]1CC[C@@H]([C@@H](O)CC[C@H](O)[C@@H]2CC[C@H](CCCCCCC[C@@H](O)CC3=C[C@H](C)OC3=O)O2)O1. The number of hydrogen-bond acceptors (Lipinski definition) is 8. The van der Waals surface area contributed by atoms with Crippen LogP contribution in [-0.4, -0.2) is 81.3 Å². The van der Waals surface area contributed by atoms with E-state index in [-0.39, 0.29) is 36.5 Å². The molecule has 8 nitrogen and oxygen atoms in total. The summed E-state index contributed by atoms with van der Waals surface area (Å²) in [6.45, 7) is 4.07. The molecular formula is C37H66O8. The van der Waals surface area contributed by atoms with Crippen LogP contribution in [0.2, 0.25) is 0 Å². The largest absolute Gasteiger partial charge is 0.455 e. The van der Waals surface area contributed by atoms with Gasteiger partial charge in [0.2, 0.25) is 0 Å². The molecule has 0 aromatic rings. The first kappa shape index (κ1) is 38.4. The van der Waals surface area contributed by atoms with E-state index in [1.807, 2.05) is 6.92 Å². The summed E-state index contributed by atoms with van der Waals surface area (Å²) in [5.74, 6) is -0.295. The number of unbranched alkanes of at least 4 members (excludes halogenated alkanes) is 11. The van der Waals surface area contributed by atoms with E-state index >= 15 is 0 Å². The lowest BCUT2D eigenvalue weighted by molar-refractivity contribution is -0.139. The van der Waals surface area contributed by atoms with E-state index in [0.717, 1.165) is 83.5 Å². The minimum atomic E-state index is -0.627. The summed E-state index contributed by atoms with van der Waals surface area (Å²) < 4.78 is 17.3. The van der Waals surface area contributed by atoms with Gasteiger partial charge in [0.25, 0.3) is 0 Å². The van der Waals surface area contributed by atoms with Crippen LogP contribution in [0.1, 0.15) is 162 Å². The van der Waals surface area contributed by atoms with E-state index in [1.54, 1.807) is 6.08 Å². The fraction of sp³-hybridized carbons (Fsp3) is 0.919. The Balaban J connectivity index is 1.16. The zero-order valence-corrected chi connectivity index (χ0v) is 28.5. The molecule has 2 saturated heterocycles. The Labute approximate surface area is 273 Å². The maximum absolute atomic E-state index is 11.7. The van der Waals surface area contributed by atoms with Gasteiger partial charge in [-0.15, -0.1) is 0 Å². The van der Waals surface area contributed by atoms with Crippen molar-refractivity contribution in [2.75, 3.05) is 0 Å². The number of rotatable bonds is 25. The molecule has 0 aromatic carbocycles. The van der Waals surface area contributed by atoms with Gasteiger partial charge in [-0.1, -0.05) is 90.4 Å². The highest BCUT2D eigenvalue weighted by molar-refractivity contribution is 5.90. The summed E-state index contributed by atoms with van der Waals surface area (Å²) >= 11 is 0. The summed E-state index contributed by atoms with van der Waals surface area (Å²) in [7, 11) is 0. The second kappa shape index (κ2) is 21.8. The van der Waals surface area contributed by atoms with Gasteiger partial charge in [0.15, 0.2) is 0 Å². The maximum atomic E-state index is 11.7. The van der Waals surface area contributed by atoms with Crippen molar-refractivity contribution >= 4 is 5.97 Å². The third-order valence-corrected chi connectivity index (χ3v) is 10.1. The molecule has 9 atom stereocenters. The monoisotopic (exact) mass is 638 g/mol. The molecule has 262 valence electrons. The lowest BCUT2D eigenvalue weighted by atomic mass is 9.98. The number of aliphatic hydroxyl groups is 4. The zero-order chi connectivity index (χ0) is 32.4. The number of aliphatic hydroxyl groups excluding tert-OH is 4. The van der Waals surface area contributed by atoms with E-state index in [4.69, 9.17) is 14.2 Å². The molecule has 3 heterocycles. The van der Waals surface area contributed by atoms with Crippen LogP contribution in [0, 0.1) is 0 Å². The Morgan fingerprint density at radius 3 is 1.78 bits per heavy atom. The van der Waals surface area contributed by atoms with Crippen molar-refractivity contribution < 1.29 is 39.4 Å². The highest BCUT2D eigenvalue weighted by Gasteiger charge is 2.36. The molecule has 0 saturated carbocycles. The van der Waals surface area contributed by atoms with Gasteiger partial charge in [-0.25, -0.2) is 4.79 Å². The molecule has 0 bridgehead atoms. The average Bonchev–Trinajstić information content (AvgIpc) is 3.77. The quantitative estimate of drug-likeness (QED) is 0.0634. The van der Waals surface area contributed by atoms with E-state index in [0.29, 0.717) is 31.3 Å². The Hall–Kier alpha value is -1.03. The Bertz CT molecular complexity index is 833. The first-order valence-corrected chi connectivity index (χ1v) is 18.7. The Kier molecular flexibility index (Phi) is 18.6. The summed E-state index contributed by atoms with van der Waals surface area (Å²) in [5, 5.41) is 42.4. The summed E-state index contributed by atoms with van der Waals surface area (Å²) in [4.78, 5) is 11.7. The molecule has 0 aromatic heterocycles. The molecule has 0 aliphatic carbocycles. The lowest BCUT2D eigenvalue weighted by Crippen LogP contribution is -2.33. The van der Waals surface area contributed by atoms with Crippen LogP contribution in [0.25, 0.3) is 0 Å². The number of carbonyl (C=O) groups excluding carboxylic acids is 1. The molecule has 0 radical (unpaired) electrons. The van der Waals surface area contributed by atoms with Crippen LogP contribution in [0.3, 0.4) is 0 Å². The van der Waals surface area contributed by atoms with Crippen LogP contribution < -0.4 is 0 Å². The molecule has 3 aliphatic heterocycles. The molecule has 3 aliphatic rings. The molecule has 2 fully saturated rings. The Morgan fingerprint density at radius 2 is 1.18 bits per heavy atom. The Morgan fingerprint density at radius 1 is 0.667 bits per heavy atom. The van der Waals surface area contributed by atoms with Gasteiger partial charge in [0.1, 0.15) is 6.10 Å². The van der Waals surface area contributed by atoms with E-state index < -0.39 is 24.4 Å². The smallest absolute Gasteiger partial charge is 0.334 e. The van der Waals surface area contributed by atoms with Gasteiger partial charge >= 0.3 is 5.97 Å². The molecule has 0 unspecified atom stereocenters. The number of esters is 1. The number of cyclic esters (lactones) is 1. The van der Waals surface area contributed by atoms with Crippen molar-refractivity contribution in [3.8, 4) is 0 Å². The van der Waals surface area contributed by atoms with Gasteiger partial charge in [-0.3, -0.25) is 0 Å². The summed E-state index contributed by atoms with van der Waals surface area (Å²) in [6.07, 6.45) is 21.6. The van der Waals surface area contributed by atoms with Crippen molar-refractivity contribution in [2.24, 2.45) is 0 Å². The topological polar surface area (TPSA) is 126 Å². The molecule has 45 heavy (non-hydrogen) atoms.